The van der Waals surface area contributed by atoms with Crippen LogP contribution in [-0.2, 0) is 20.2 Å². The first-order valence-electron chi connectivity index (χ1n) is 5.40. The predicted molar refractivity (Wildman–Crippen MR) is 71.7 cm³/mol. The van der Waals surface area contributed by atoms with Gasteiger partial charge in [0, 0.05) is 5.39 Å². The van der Waals surface area contributed by atoms with Gasteiger partial charge < -0.3 is 0 Å². The fourth-order valence-electron chi connectivity index (χ4n) is 2.04. The van der Waals surface area contributed by atoms with Crippen LogP contribution in [-0.4, -0.2) is 25.9 Å². The van der Waals surface area contributed by atoms with Gasteiger partial charge in [-0.2, -0.15) is 16.8 Å². The predicted octanol–water partition coefficient (Wildman–Crippen LogP) is 1.76. The summed E-state index contributed by atoms with van der Waals surface area (Å²) in [4.78, 5) is -0.891. The van der Waals surface area contributed by atoms with E-state index in [1.54, 1.807) is 0 Å². The van der Waals surface area contributed by atoms with Crippen LogP contribution in [0.4, 0.5) is 11.4 Å². The van der Waals surface area contributed by atoms with E-state index >= 15 is 0 Å². The van der Waals surface area contributed by atoms with Crippen LogP contribution < -0.4 is 5.43 Å². The molecule has 21 heavy (non-hydrogen) atoms. The Bertz CT molecular complexity index is 1010. The second kappa shape index (κ2) is 4.21. The summed E-state index contributed by atoms with van der Waals surface area (Å²) in [6.07, 6.45) is 0. The Balaban J connectivity index is 2.47. The van der Waals surface area contributed by atoms with Crippen LogP contribution >= 0.6 is 0 Å². The maximum Gasteiger partial charge on any atom is 0.294 e. The molecule has 0 fully saturated rings. The van der Waals surface area contributed by atoms with Gasteiger partial charge in [-0.1, -0.05) is 5.22 Å². The van der Waals surface area contributed by atoms with E-state index in [-0.39, 0.29) is 16.8 Å². The Morgan fingerprint density at radius 1 is 0.905 bits per heavy atom. The summed E-state index contributed by atoms with van der Waals surface area (Å²) in [5.41, 5.74) is 2.86. The SMILES string of the molecule is O=S(=O)(O)c1cc2c3c(cc(S(=O)(=O)O)cc3c1)NN=N2. The average molecular weight is 329 g/mol. The van der Waals surface area contributed by atoms with E-state index in [2.05, 4.69) is 15.8 Å². The maximum absolute atomic E-state index is 11.2. The molecule has 0 saturated carbocycles. The number of nitrogens with one attached hydrogen (secondary N) is 1. The Hall–Kier alpha value is -2.08. The monoisotopic (exact) mass is 329 g/mol. The summed E-state index contributed by atoms with van der Waals surface area (Å²) < 4.78 is 63.1. The van der Waals surface area contributed by atoms with E-state index < -0.39 is 30.0 Å². The molecule has 1 aliphatic heterocycles. The Kier molecular flexibility index (Phi) is 2.78. The van der Waals surface area contributed by atoms with Crippen molar-refractivity contribution in [2.24, 2.45) is 10.3 Å². The number of hydrogen-bond donors (Lipinski definition) is 3. The normalized spacial score (nSPS) is 14.2. The number of nitrogens with zero attached hydrogens (tertiary/aromatic N) is 2. The molecule has 0 bridgehead atoms. The highest BCUT2D eigenvalue weighted by atomic mass is 32.2. The highest BCUT2D eigenvalue weighted by Crippen LogP contribution is 2.39. The molecular formula is C10H7N3O6S2. The van der Waals surface area contributed by atoms with Crippen LogP contribution in [0.5, 0.6) is 0 Å². The molecule has 9 nitrogen and oxygen atoms in total. The molecule has 11 heteroatoms. The quantitative estimate of drug-likeness (QED) is 0.711. The summed E-state index contributed by atoms with van der Waals surface area (Å²) in [7, 11) is -8.99. The lowest BCUT2D eigenvalue weighted by Gasteiger charge is -2.14. The molecular weight excluding hydrogens is 322 g/mol. The van der Waals surface area contributed by atoms with Crippen molar-refractivity contribution in [1.29, 1.82) is 0 Å². The van der Waals surface area contributed by atoms with Gasteiger partial charge in [-0.3, -0.25) is 14.5 Å². The van der Waals surface area contributed by atoms with Gasteiger partial charge in [0.15, 0.2) is 0 Å². The molecule has 0 spiro atoms. The zero-order valence-corrected chi connectivity index (χ0v) is 11.7. The lowest BCUT2D eigenvalue weighted by atomic mass is 10.1. The zero-order valence-electron chi connectivity index (χ0n) is 10.0. The van der Waals surface area contributed by atoms with E-state index in [9.17, 15) is 16.8 Å². The van der Waals surface area contributed by atoms with Crippen molar-refractivity contribution in [2.75, 3.05) is 5.43 Å². The molecule has 3 rings (SSSR count). The first-order chi connectivity index (χ1) is 9.66. The number of anilines is 1. The smallest absolute Gasteiger partial charge is 0.282 e. The number of benzene rings is 2. The van der Waals surface area contributed by atoms with Gasteiger partial charge in [0.05, 0.1) is 21.2 Å². The van der Waals surface area contributed by atoms with E-state index in [0.717, 1.165) is 24.3 Å². The third kappa shape index (κ3) is 2.35. The lowest BCUT2D eigenvalue weighted by molar-refractivity contribution is 0.481. The van der Waals surface area contributed by atoms with Gasteiger partial charge in [0.25, 0.3) is 20.2 Å². The fraction of sp³-hybridized carbons (Fsp3) is 0. The third-order valence-electron chi connectivity index (χ3n) is 2.90. The second-order valence-corrected chi connectivity index (χ2v) is 7.12. The summed E-state index contributed by atoms with van der Waals surface area (Å²) in [6.45, 7) is 0. The van der Waals surface area contributed by atoms with Crippen LogP contribution in [0.25, 0.3) is 10.8 Å². The highest BCUT2D eigenvalue weighted by Gasteiger charge is 2.21. The van der Waals surface area contributed by atoms with Gasteiger partial charge in [-0.25, -0.2) is 0 Å². The highest BCUT2D eigenvalue weighted by molar-refractivity contribution is 7.86. The van der Waals surface area contributed by atoms with Crippen molar-refractivity contribution < 1.29 is 25.9 Å². The van der Waals surface area contributed by atoms with E-state index in [4.69, 9.17) is 9.11 Å². The van der Waals surface area contributed by atoms with Gasteiger partial charge in [-0.05, 0) is 29.7 Å². The first-order valence-corrected chi connectivity index (χ1v) is 8.28. The summed E-state index contributed by atoms with van der Waals surface area (Å²) in [5.74, 6) is 0. The molecule has 2 aromatic rings. The zero-order chi connectivity index (χ0) is 15.4. The molecule has 0 unspecified atom stereocenters. The van der Waals surface area contributed by atoms with Gasteiger partial charge >= 0.3 is 0 Å². The molecule has 0 amide bonds. The van der Waals surface area contributed by atoms with Crippen molar-refractivity contribution in [3.05, 3.63) is 24.3 Å². The molecule has 1 heterocycles. The van der Waals surface area contributed by atoms with Gasteiger partial charge in [-0.15, -0.1) is 5.11 Å². The maximum atomic E-state index is 11.2. The van der Waals surface area contributed by atoms with Crippen LogP contribution in [0.15, 0.2) is 44.4 Å². The van der Waals surface area contributed by atoms with E-state index in [1.165, 1.54) is 0 Å². The Morgan fingerprint density at radius 2 is 1.48 bits per heavy atom. The van der Waals surface area contributed by atoms with Crippen LogP contribution in [0.3, 0.4) is 0 Å². The minimum atomic E-state index is -4.50. The van der Waals surface area contributed by atoms with Crippen molar-refractivity contribution in [3.8, 4) is 0 Å². The summed E-state index contributed by atoms with van der Waals surface area (Å²) in [5, 5.41) is 7.80. The van der Waals surface area contributed by atoms with Crippen LogP contribution in [0.1, 0.15) is 0 Å². The number of rotatable bonds is 2. The van der Waals surface area contributed by atoms with Crippen molar-refractivity contribution in [3.63, 3.8) is 0 Å². The lowest BCUT2D eigenvalue weighted by Crippen LogP contribution is -2.03. The van der Waals surface area contributed by atoms with Gasteiger partial charge in [0.1, 0.15) is 0 Å². The molecule has 0 atom stereocenters. The topological polar surface area (TPSA) is 145 Å². The molecule has 0 aromatic heterocycles. The van der Waals surface area contributed by atoms with E-state index in [0.29, 0.717) is 5.39 Å². The Labute approximate surface area is 118 Å². The van der Waals surface area contributed by atoms with Crippen molar-refractivity contribution in [1.82, 2.24) is 0 Å². The molecule has 1 aliphatic rings. The second-order valence-electron chi connectivity index (χ2n) is 4.27. The van der Waals surface area contributed by atoms with Crippen molar-refractivity contribution in [2.45, 2.75) is 9.79 Å². The third-order valence-corrected chi connectivity index (χ3v) is 4.56. The number of hydrogen-bond acceptors (Lipinski definition) is 7. The molecule has 0 radical (unpaired) electrons. The summed E-state index contributed by atoms with van der Waals surface area (Å²) >= 11 is 0. The van der Waals surface area contributed by atoms with E-state index in [1.807, 2.05) is 0 Å². The molecule has 2 aromatic carbocycles. The fourth-order valence-corrected chi connectivity index (χ4v) is 3.12. The Morgan fingerprint density at radius 3 is 2.05 bits per heavy atom. The molecule has 0 saturated heterocycles. The summed E-state index contributed by atoms with van der Waals surface area (Å²) in [6, 6.07) is 4.41. The van der Waals surface area contributed by atoms with Crippen molar-refractivity contribution >= 4 is 42.4 Å². The van der Waals surface area contributed by atoms with Gasteiger partial charge in [0.2, 0.25) is 0 Å². The molecule has 3 N–H and O–H groups in total. The largest absolute Gasteiger partial charge is 0.294 e. The minimum absolute atomic E-state index is 0.149. The molecule has 110 valence electrons. The standard InChI is InChI=1S/C10H7N3O6S2/c14-20(15,16)6-1-5-2-7(21(17,18)19)4-9-10(5)8(3-6)11-13-12-9/h1-4H,(H,11,12)(H,14,15,16)(H,17,18,19). The average Bonchev–Trinajstić information content (AvgIpc) is 2.36. The minimum Gasteiger partial charge on any atom is -0.282 e. The molecule has 0 aliphatic carbocycles. The van der Waals surface area contributed by atoms with Crippen LogP contribution in [0.2, 0.25) is 0 Å². The first kappa shape index (κ1) is 13.9. The van der Waals surface area contributed by atoms with Crippen LogP contribution in [0, 0.1) is 0 Å².